The summed E-state index contributed by atoms with van der Waals surface area (Å²) in [6.07, 6.45) is 0.986. The van der Waals surface area contributed by atoms with Crippen LogP contribution in [0, 0.1) is 11.8 Å². The molecule has 0 heterocycles. The molecule has 0 N–H and O–H groups in total. The fourth-order valence-corrected chi connectivity index (χ4v) is 4.00. The number of fused-ring (bicyclic) bond motifs is 3. The molecule has 2 aromatic carbocycles. The zero-order chi connectivity index (χ0) is 17.3. The van der Waals surface area contributed by atoms with Gasteiger partial charge in [-0.2, -0.15) is 0 Å². The molecule has 126 valence electrons. The van der Waals surface area contributed by atoms with Gasteiger partial charge in [0.25, 0.3) is 0 Å². The van der Waals surface area contributed by atoms with Crippen LogP contribution >= 0.6 is 0 Å². The first kappa shape index (κ1) is 16.5. The molecule has 0 fully saturated rings. The monoisotopic (exact) mass is 326 g/mol. The predicted molar refractivity (Wildman–Crippen MR) is 91.7 cm³/mol. The normalized spacial score (nSPS) is 22.7. The van der Waals surface area contributed by atoms with Crippen molar-refractivity contribution in [1.82, 2.24) is 0 Å². The summed E-state index contributed by atoms with van der Waals surface area (Å²) in [5.41, 5.74) is 2.29. The number of methoxy groups -OCH3 is 2. The fraction of sp³-hybridized carbons (Fsp3) is 0.400. The van der Waals surface area contributed by atoms with E-state index in [9.17, 15) is 9.59 Å². The van der Waals surface area contributed by atoms with Crippen LogP contribution in [0.3, 0.4) is 0 Å². The van der Waals surface area contributed by atoms with Gasteiger partial charge in [-0.3, -0.25) is 9.59 Å². The number of rotatable bonds is 3. The van der Waals surface area contributed by atoms with Crippen molar-refractivity contribution in [3.8, 4) is 0 Å². The molecule has 0 amide bonds. The van der Waals surface area contributed by atoms with E-state index >= 15 is 0 Å². The van der Waals surface area contributed by atoms with Gasteiger partial charge in [-0.1, -0.05) is 43.3 Å². The van der Waals surface area contributed by atoms with Crippen LogP contribution in [0.1, 0.15) is 30.4 Å². The van der Waals surface area contributed by atoms with Gasteiger partial charge in [0.05, 0.1) is 26.6 Å². The van der Waals surface area contributed by atoms with Crippen LogP contribution < -0.4 is 0 Å². The van der Waals surface area contributed by atoms with Gasteiger partial charge < -0.3 is 9.47 Å². The van der Waals surface area contributed by atoms with Crippen molar-refractivity contribution in [2.24, 2.45) is 11.8 Å². The molecule has 0 radical (unpaired) electrons. The van der Waals surface area contributed by atoms with Gasteiger partial charge in [-0.25, -0.2) is 0 Å². The first-order valence-electron chi connectivity index (χ1n) is 8.22. The molecule has 3 rings (SSSR count). The van der Waals surface area contributed by atoms with Gasteiger partial charge in [0.2, 0.25) is 0 Å². The predicted octanol–water partition coefficient (Wildman–Crippen LogP) is 3.47. The molecule has 1 aliphatic rings. The second kappa shape index (κ2) is 6.63. The van der Waals surface area contributed by atoms with Crippen LogP contribution in [0.2, 0.25) is 0 Å². The summed E-state index contributed by atoms with van der Waals surface area (Å²) in [4.78, 5) is 24.3. The molecule has 0 saturated carbocycles. The smallest absolute Gasteiger partial charge is 0.309 e. The van der Waals surface area contributed by atoms with Gasteiger partial charge in [-0.15, -0.1) is 0 Å². The van der Waals surface area contributed by atoms with E-state index in [0.717, 1.165) is 12.0 Å². The van der Waals surface area contributed by atoms with Crippen molar-refractivity contribution < 1.29 is 19.1 Å². The third-order valence-electron chi connectivity index (χ3n) is 5.14. The summed E-state index contributed by atoms with van der Waals surface area (Å²) < 4.78 is 9.88. The second-order valence-corrected chi connectivity index (χ2v) is 6.47. The molecule has 24 heavy (non-hydrogen) atoms. The summed E-state index contributed by atoms with van der Waals surface area (Å²) in [7, 11) is 2.78. The van der Waals surface area contributed by atoms with Gasteiger partial charge in [0.1, 0.15) is 0 Å². The van der Waals surface area contributed by atoms with E-state index < -0.39 is 0 Å². The Hall–Kier alpha value is -2.36. The van der Waals surface area contributed by atoms with Crippen LogP contribution in [-0.4, -0.2) is 26.2 Å². The van der Waals surface area contributed by atoms with E-state index in [1.807, 2.05) is 18.2 Å². The largest absolute Gasteiger partial charge is 0.469 e. The zero-order valence-corrected chi connectivity index (χ0v) is 14.2. The van der Waals surface area contributed by atoms with E-state index in [1.54, 1.807) is 0 Å². The summed E-state index contributed by atoms with van der Waals surface area (Å²) >= 11 is 0. The summed E-state index contributed by atoms with van der Waals surface area (Å²) in [5.74, 6) is -1.00. The zero-order valence-electron chi connectivity index (χ0n) is 14.2. The SMILES string of the molecule is COC(=O)C[C@@H]1c2ccc3ccccc3c2C[C@@H](C)[C@@H]1C(=O)OC. The number of hydrogen-bond donors (Lipinski definition) is 0. The Labute approximate surface area is 141 Å². The third kappa shape index (κ3) is 2.77. The molecule has 1 aliphatic carbocycles. The summed E-state index contributed by atoms with van der Waals surface area (Å²) in [5, 5.41) is 2.37. The average molecular weight is 326 g/mol. The summed E-state index contributed by atoms with van der Waals surface area (Å²) in [6, 6.07) is 12.3. The maximum absolute atomic E-state index is 12.4. The number of hydrogen-bond acceptors (Lipinski definition) is 4. The minimum atomic E-state index is -0.331. The Morgan fingerprint density at radius 2 is 1.83 bits per heavy atom. The lowest BCUT2D eigenvalue weighted by atomic mass is 9.67. The highest BCUT2D eigenvalue weighted by Gasteiger charge is 2.41. The van der Waals surface area contributed by atoms with Crippen molar-refractivity contribution in [2.45, 2.75) is 25.7 Å². The van der Waals surface area contributed by atoms with E-state index in [1.165, 1.54) is 30.6 Å². The highest BCUT2D eigenvalue weighted by atomic mass is 16.5. The first-order valence-corrected chi connectivity index (χ1v) is 8.22. The molecular formula is C20H22O4. The van der Waals surface area contributed by atoms with Crippen molar-refractivity contribution in [2.75, 3.05) is 14.2 Å². The average Bonchev–Trinajstić information content (AvgIpc) is 2.60. The van der Waals surface area contributed by atoms with Gasteiger partial charge in [0.15, 0.2) is 0 Å². The van der Waals surface area contributed by atoms with Crippen LogP contribution in [0.4, 0.5) is 0 Å². The maximum Gasteiger partial charge on any atom is 0.309 e. The topological polar surface area (TPSA) is 52.6 Å². The van der Waals surface area contributed by atoms with Crippen LogP contribution in [0.15, 0.2) is 36.4 Å². The van der Waals surface area contributed by atoms with Crippen molar-refractivity contribution in [3.05, 3.63) is 47.5 Å². The highest BCUT2D eigenvalue weighted by Crippen LogP contribution is 2.44. The maximum atomic E-state index is 12.4. The molecule has 3 atom stereocenters. The van der Waals surface area contributed by atoms with E-state index in [4.69, 9.17) is 9.47 Å². The Kier molecular flexibility index (Phi) is 4.56. The molecular weight excluding hydrogens is 304 g/mol. The minimum absolute atomic E-state index is 0.102. The quantitative estimate of drug-likeness (QED) is 0.811. The molecule has 0 bridgehead atoms. The number of esters is 2. The van der Waals surface area contributed by atoms with Crippen molar-refractivity contribution >= 4 is 22.7 Å². The van der Waals surface area contributed by atoms with Gasteiger partial charge in [-0.05, 0) is 34.2 Å². The minimum Gasteiger partial charge on any atom is -0.469 e. The lowest BCUT2D eigenvalue weighted by Crippen LogP contribution is -2.36. The van der Waals surface area contributed by atoms with Crippen molar-refractivity contribution in [3.63, 3.8) is 0 Å². The van der Waals surface area contributed by atoms with Crippen LogP contribution in [-0.2, 0) is 25.5 Å². The molecule has 0 spiro atoms. The lowest BCUT2D eigenvalue weighted by molar-refractivity contribution is -0.150. The Balaban J connectivity index is 2.15. The number of carbonyl (C=O) groups is 2. The number of carbonyl (C=O) groups excluding carboxylic acids is 2. The molecule has 0 saturated heterocycles. The third-order valence-corrected chi connectivity index (χ3v) is 5.14. The van der Waals surface area contributed by atoms with Crippen LogP contribution in [0.5, 0.6) is 0 Å². The van der Waals surface area contributed by atoms with E-state index in [0.29, 0.717) is 0 Å². The summed E-state index contributed by atoms with van der Waals surface area (Å²) in [6.45, 7) is 2.05. The van der Waals surface area contributed by atoms with Gasteiger partial charge >= 0.3 is 11.9 Å². The Morgan fingerprint density at radius 3 is 2.54 bits per heavy atom. The lowest BCUT2D eigenvalue weighted by Gasteiger charge is -2.36. The van der Waals surface area contributed by atoms with E-state index in [-0.39, 0.29) is 36.1 Å². The molecule has 0 aromatic heterocycles. The van der Waals surface area contributed by atoms with E-state index in [2.05, 4.69) is 25.1 Å². The Morgan fingerprint density at radius 1 is 1.08 bits per heavy atom. The second-order valence-electron chi connectivity index (χ2n) is 6.47. The molecule has 0 unspecified atom stereocenters. The van der Waals surface area contributed by atoms with Crippen LogP contribution in [0.25, 0.3) is 10.8 Å². The van der Waals surface area contributed by atoms with Crippen molar-refractivity contribution in [1.29, 1.82) is 0 Å². The molecule has 4 nitrogen and oxygen atoms in total. The number of ether oxygens (including phenoxy) is 2. The molecule has 0 aliphatic heterocycles. The highest BCUT2D eigenvalue weighted by molar-refractivity contribution is 5.88. The first-order chi connectivity index (χ1) is 11.6. The molecule has 2 aromatic rings. The fourth-order valence-electron chi connectivity index (χ4n) is 4.00. The number of benzene rings is 2. The standard InChI is InChI=1S/C20H22O4/c1-12-10-16-14-7-5-4-6-13(14)8-9-15(16)17(11-18(21)23-2)19(12)20(22)24-3/h4-9,12,17,19H,10-11H2,1-3H3/t12-,17-,19+/m1/s1. The van der Waals surface area contributed by atoms with Gasteiger partial charge in [0, 0.05) is 5.92 Å². The Bertz CT molecular complexity index is 780. The molecule has 4 heteroatoms.